The number of rotatable bonds is 7. The smallest absolute Gasteiger partial charge is 0.343 e. The summed E-state index contributed by atoms with van der Waals surface area (Å²) in [7, 11) is 1.63. The molecule has 4 nitrogen and oxygen atoms in total. The third-order valence-corrected chi connectivity index (χ3v) is 4.28. The van der Waals surface area contributed by atoms with Gasteiger partial charge in [0.25, 0.3) is 0 Å². The summed E-state index contributed by atoms with van der Waals surface area (Å²) in [6, 6.07) is 22.7. The van der Waals surface area contributed by atoms with Crippen molar-refractivity contribution in [2.45, 2.75) is 20.0 Å². The Hall–Kier alpha value is -3.11. The first-order chi connectivity index (χ1) is 13.5. The second-order valence-corrected chi connectivity index (χ2v) is 6.69. The molecule has 0 saturated carbocycles. The van der Waals surface area contributed by atoms with Gasteiger partial charge in [-0.1, -0.05) is 42.0 Å². The molecule has 3 rings (SSSR count). The highest BCUT2D eigenvalue weighted by Gasteiger charge is 2.10. The van der Waals surface area contributed by atoms with Gasteiger partial charge in [-0.15, -0.1) is 0 Å². The van der Waals surface area contributed by atoms with Crippen LogP contribution in [0.2, 0.25) is 0 Å². The van der Waals surface area contributed by atoms with Gasteiger partial charge >= 0.3 is 5.97 Å². The van der Waals surface area contributed by atoms with E-state index in [0.717, 1.165) is 11.1 Å². The third kappa shape index (κ3) is 5.21. The van der Waals surface area contributed by atoms with Gasteiger partial charge in [-0.2, -0.15) is 0 Å². The summed E-state index contributed by atoms with van der Waals surface area (Å²) in [5.41, 5.74) is 3.89. The van der Waals surface area contributed by atoms with Gasteiger partial charge in [-0.25, -0.2) is 4.79 Å². The number of hydrogen-bond acceptors (Lipinski definition) is 4. The second-order valence-electron chi connectivity index (χ2n) is 6.69. The van der Waals surface area contributed by atoms with Gasteiger partial charge in [-0.3, -0.25) is 0 Å². The van der Waals surface area contributed by atoms with Crippen LogP contribution in [-0.2, 0) is 4.74 Å². The fraction of sp³-hybridized carbons (Fsp3) is 0.208. The van der Waals surface area contributed by atoms with Crippen molar-refractivity contribution in [1.82, 2.24) is 0 Å². The van der Waals surface area contributed by atoms with Crippen LogP contribution < -0.4 is 9.47 Å². The first-order valence-corrected chi connectivity index (χ1v) is 9.20. The number of carbonyl (C=O) groups is 1. The first-order valence-electron chi connectivity index (χ1n) is 9.20. The van der Waals surface area contributed by atoms with E-state index < -0.39 is 5.97 Å². The summed E-state index contributed by atoms with van der Waals surface area (Å²) in [4.78, 5) is 12.4. The van der Waals surface area contributed by atoms with Crippen LogP contribution in [-0.4, -0.2) is 25.8 Å². The summed E-state index contributed by atoms with van der Waals surface area (Å²) < 4.78 is 16.2. The van der Waals surface area contributed by atoms with Crippen molar-refractivity contribution in [2.24, 2.45) is 0 Å². The zero-order valence-electron chi connectivity index (χ0n) is 16.3. The summed E-state index contributed by atoms with van der Waals surface area (Å²) in [6.45, 7) is 4.49. The molecule has 0 N–H and O–H groups in total. The molecule has 3 aromatic rings. The van der Waals surface area contributed by atoms with Gasteiger partial charge < -0.3 is 14.2 Å². The molecule has 0 aromatic heterocycles. The highest BCUT2D eigenvalue weighted by atomic mass is 16.5. The van der Waals surface area contributed by atoms with Crippen LogP contribution in [0.15, 0.2) is 72.8 Å². The molecule has 0 saturated heterocycles. The van der Waals surface area contributed by atoms with Crippen LogP contribution >= 0.6 is 0 Å². The molecule has 28 heavy (non-hydrogen) atoms. The van der Waals surface area contributed by atoms with Crippen LogP contribution in [0.3, 0.4) is 0 Å². The molecular weight excluding hydrogens is 352 g/mol. The van der Waals surface area contributed by atoms with E-state index in [1.807, 2.05) is 19.1 Å². The van der Waals surface area contributed by atoms with Crippen molar-refractivity contribution in [3.63, 3.8) is 0 Å². The van der Waals surface area contributed by atoms with Crippen molar-refractivity contribution < 1.29 is 19.0 Å². The van der Waals surface area contributed by atoms with Gasteiger partial charge in [0.15, 0.2) is 0 Å². The Bertz CT molecular complexity index is 897. The first kappa shape index (κ1) is 19.6. The quantitative estimate of drug-likeness (QED) is 0.415. The lowest BCUT2D eigenvalue weighted by atomic mass is 10.0. The van der Waals surface area contributed by atoms with Gasteiger partial charge in [0.1, 0.15) is 17.6 Å². The number of hydrogen-bond donors (Lipinski definition) is 0. The Labute approximate surface area is 165 Å². The predicted molar refractivity (Wildman–Crippen MR) is 110 cm³/mol. The lowest BCUT2D eigenvalue weighted by molar-refractivity contribution is 0.0734. The highest BCUT2D eigenvalue weighted by molar-refractivity contribution is 5.91. The topological polar surface area (TPSA) is 44.8 Å². The Morgan fingerprint density at radius 3 is 1.93 bits per heavy atom. The predicted octanol–water partition coefficient (Wildman–Crippen LogP) is 5.29. The van der Waals surface area contributed by atoms with Crippen LogP contribution in [0.1, 0.15) is 22.8 Å². The molecule has 144 valence electrons. The summed E-state index contributed by atoms with van der Waals surface area (Å²) in [5.74, 6) is 0.781. The number of methoxy groups -OCH3 is 1. The molecule has 0 spiro atoms. The van der Waals surface area contributed by atoms with E-state index in [1.165, 1.54) is 5.56 Å². The fourth-order valence-corrected chi connectivity index (χ4v) is 2.80. The van der Waals surface area contributed by atoms with Crippen molar-refractivity contribution >= 4 is 5.97 Å². The molecular formula is C24H24O4. The summed E-state index contributed by atoms with van der Waals surface area (Å²) in [6.07, 6.45) is -0.0505. The minimum atomic E-state index is -0.392. The standard InChI is InChI=1S/C24H24O4/c1-17-4-6-19(7-5-17)20-8-10-21(11-9-20)24(25)28-23-14-12-22(13-15-23)27-18(2)16-26-3/h4-15,18H,16H2,1-3H3/t18-/m1/s1. The van der Waals surface area contributed by atoms with E-state index in [0.29, 0.717) is 23.7 Å². The number of benzene rings is 3. The monoisotopic (exact) mass is 376 g/mol. The van der Waals surface area contributed by atoms with Crippen LogP contribution in [0, 0.1) is 6.92 Å². The van der Waals surface area contributed by atoms with Gasteiger partial charge in [0.2, 0.25) is 0 Å². The highest BCUT2D eigenvalue weighted by Crippen LogP contribution is 2.22. The molecule has 0 radical (unpaired) electrons. The van der Waals surface area contributed by atoms with Crippen molar-refractivity contribution in [3.05, 3.63) is 83.9 Å². The van der Waals surface area contributed by atoms with Crippen LogP contribution in [0.25, 0.3) is 11.1 Å². The molecule has 4 heteroatoms. The molecule has 0 aliphatic heterocycles. The average Bonchev–Trinajstić information content (AvgIpc) is 2.70. The minimum Gasteiger partial charge on any atom is -0.488 e. The normalized spacial score (nSPS) is 11.7. The Morgan fingerprint density at radius 2 is 1.36 bits per heavy atom. The molecule has 0 bridgehead atoms. The molecule has 0 aliphatic carbocycles. The summed E-state index contributed by atoms with van der Waals surface area (Å²) in [5, 5.41) is 0. The summed E-state index contributed by atoms with van der Waals surface area (Å²) >= 11 is 0. The van der Waals surface area contributed by atoms with E-state index in [1.54, 1.807) is 43.5 Å². The molecule has 1 atom stereocenters. The molecule has 0 fully saturated rings. The second kappa shape index (κ2) is 9.20. The largest absolute Gasteiger partial charge is 0.488 e. The lowest BCUT2D eigenvalue weighted by Crippen LogP contribution is -2.17. The van der Waals surface area contributed by atoms with Crippen LogP contribution in [0.5, 0.6) is 11.5 Å². The van der Waals surface area contributed by atoms with Crippen molar-refractivity contribution in [1.29, 1.82) is 0 Å². The van der Waals surface area contributed by atoms with E-state index in [2.05, 4.69) is 31.2 Å². The Balaban J connectivity index is 1.62. The maximum atomic E-state index is 12.4. The molecule has 0 amide bonds. The van der Waals surface area contributed by atoms with Crippen LogP contribution in [0.4, 0.5) is 0 Å². The fourth-order valence-electron chi connectivity index (χ4n) is 2.80. The SMILES string of the molecule is COC[C@@H](C)Oc1ccc(OC(=O)c2ccc(-c3ccc(C)cc3)cc2)cc1. The average molecular weight is 376 g/mol. The maximum absolute atomic E-state index is 12.4. The minimum absolute atomic E-state index is 0.0505. The lowest BCUT2D eigenvalue weighted by Gasteiger charge is -2.13. The zero-order chi connectivity index (χ0) is 19.9. The Morgan fingerprint density at radius 1 is 0.821 bits per heavy atom. The molecule has 3 aromatic carbocycles. The van der Waals surface area contributed by atoms with Crippen molar-refractivity contribution in [3.8, 4) is 22.6 Å². The number of carbonyl (C=O) groups excluding carboxylic acids is 1. The van der Waals surface area contributed by atoms with E-state index in [4.69, 9.17) is 14.2 Å². The van der Waals surface area contributed by atoms with E-state index in [-0.39, 0.29) is 6.10 Å². The Kier molecular flexibility index (Phi) is 6.45. The number of ether oxygens (including phenoxy) is 3. The third-order valence-electron chi connectivity index (χ3n) is 4.28. The van der Waals surface area contributed by atoms with E-state index in [9.17, 15) is 4.79 Å². The maximum Gasteiger partial charge on any atom is 0.343 e. The molecule has 0 aliphatic rings. The number of aryl methyl sites for hydroxylation is 1. The van der Waals surface area contributed by atoms with Gasteiger partial charge in [0.05, 0.1) is 12.2 Å². The number of esters is 1. The molecule has 0 heterocycles. The van der Waals surface area contributed by atoms with E-state index >= 15 is 0 Å². The zero-order valence-corrected chi connectivity index (χ0v) is 16.3. The molecule has 0 unspecified atom stereocenters. The van der Waals surface area contributed by atoms with Crippen molar-refractivity contribution in [2.75, 3.05) is 13.7 Å². The van der Waals surface area contributed by atoms with Gasteiger partial charge in [-0.05, 0) is 61.4 Å². The van der Waals surface area contributed by atoms with Gasteiger partial charge in [0, 0.05) is 7.11 Å².